The van der Waals surface area contributed by atoms with E-state index in [0.717, 1.165) is 0 Å². The third-order valence-electron chi connectivity index (χ3n) is 4.03. The standard InChI is InChI=1S/C17H18F3N3O/c1-10(9-22(2)3)23-14-8-11(24)4-5-12(14)13-6-7-21-16(15(13)23)17(18,19)20/h4-8,10,24H,9H2,1-3H3. The lowest BCUT2D eigenvalue weighted by Crippen LogP contribution is -2.23. The van der Waals surface area contributed by atoms with Crippen molar-refractivity contribution in [2.45, 2.75) is 19.1 Å². The zero-order chi connectivity index (χ0) is 17.6. The highest BCUT2D eigenvalue weighted by Gasteiger charge is 2.37. The van der Waals surface area contributed by atoms with Crippen molar-refractivity contribution in [1.82, 2.24) is 14.5 Å². The maximum absolute atomic E-state index is 13.5. The van der Waals surface area contributed by atoms with Crippen LogP contribution in [-0.2, 0) is 6.18 Å². The SMILES string of the molecule is CC(CN(C)C)n1c2cc(O)ccc2c2ccnc(C(F)(F)F)c21. The first-order valence-corrected chi connectivity index (χ1v) is 7.53. The van der Waals surface area contributed by atoms with Crippen LogP contribution in [0, 0.1) is 0 Å². The van der Waals surface area contributed by atoms with Gasteiger partial charge in [-0.1, -0.05) is 0 Å². The number of aromatic hydroxyl groups is 1. The third-order valence-corrected chi connectivity index (χ3v) is 4.03. The Morgan fingerprint density at radius 2 is 1.92 bits per heavy atom. The van der Waals surface area contributed by atoms with Crippen LogP contribution in [0.15, 0.2) is 30.5 Å². The minimum absolute atomic E-state index is 0.0186. The van der Waals surface area contributed by atoms with Gasteiger partial charge in [-0.2, -0.15) is 13.2 Å². The number of likely N-dealkylation sites (N-methyl/N-ethyl adjacent to an activating group) is 1. The summed E-state index contributed by atoms with van der Waals surface area (Å²) in [5.74, 6) is 0.0186. The molecule has 24 heavy (non-hydrogen) atoms. The van der Waals surface area contributed by atoms with Gasteiger partial charge >= 0.3 is 6.18 Å². The van der Waals surface area contributed by atoms with E-state index in [-0.39, 0.29) is 17.3 Å². The highest BCUT2D eigenvalue weighted by atomic mass is 19.4. The number of nitrogens with zero attached hydrogens (tertiary/aromatic N) is 3. The fourth-order valence-corrected chi connectivity index (χ4v) is 3.26. The number of hydrogen-bond donors (Lipinski definition) is 1. The van der Waals surface area contributed by atoms with Crippen molar-refractivity contribution in [1.29, 1.82) is 0 Å². The Morgan fingerprint density at radius 1 is 1.21 bits per heavy atom. The molecule has 0 radical (unpaired) electrons. The zero-order valence-electron chi connectivity index (χ0n) is 13.6. The molecule has 4 nitrogen and oxygen atoms in total. The zero-order valence-corrected chi connectivity index (χ0v) is 13.6. The average molecular weight is 337 g/mol. The van der Waals surface area contributed by atoms with E-state index in [4.69, 9.17) is 0 Å². The molecule has 0 saturated heterocycles. The number of hydrogen-bond acceptors (Lipinski definition) is 3. The lowest BCUT2D eigenvalue weighted by molar-refractivity contribution is -0.140. The minimum Gasteiger partial charge on any atom is -0.508 e. The minimum atomic E-state index is -4.55. The van der Waals surface area contributed by atoms with Gasteiger partial charge in [0.05, 0.1) is 11.0 Å². The lowest BCUT2D eigenvalue weighted by Gasteiger charge is -2.22. The summed E-state index contributed by atoms with van der Waals surface area (Å²) in [6, 6.07) is 5.99. The van der Waals surface area contributed by atoms with Crippen LogP contribution in [0.3, 0.4) is 0 Å². The smallest absolute Gasteiger partial charge is 0.435 e. The summed E-state index contributed by atoms with van der Waals surface area (Å²) < 4.78 is 42.1. The quantitative estimate of drug-likeness (QED) is 0.784. The van der Waals surface area contributed by atoms with E-state index in [1.165, 1.54) is 18.3 Å². The molecule has 1 unspecified atom stereocenters. The number of fused-ring (bicyclic) bond motifs is 3. The molecule has 1 N–H and O–H groups in total. The first kappa shape index (κ1) is 16.6. The molecule has 0 bridgehead atoms. The number of phenols is 1. The molecule has 128 valence electrons. The molecule has 0 aliphatic heterocycles. The molecule has 0 amide bonds. The predicted molar refractivity (Wildman–Crippen MR) is 87.2 cm³/mol. The van der Waals surface area contributed by atoms with Crippen LogP contribution >= 0.6 is 0 Å². The number of benzene rings is 1. The van der Waals surface area contributed by atoms with Crippen molar-refractivity contribution < 1.29 is 18.3 Å². The molecule has 1 atom stereocenters. The molecule has 3 aromatic rings. The van der Waals surface area contributed by atoms with Crippen molar-refractivity contribution >= 4 is 21.8 Å². The van der Waals surface area contributed by atoms with Gasteiger partial charge in [0.2, 0.25) is 0 Å². The first-order valence-electron chi connectivity index (χ1n) is 7.53. The molecule has 2 heterocycles. The monoisotopic (exact) mass is 337 g/mol. The second-order valence-corrected chi connectivity index (χ2v) is 6.24. The number of alkyl halides is 3. The van der Waals surface area contributed by atoms with Crippen LogP contribution in [0.25, 0.3) is 21.8 Å². The topological polar surface area (TPSA) is 41.3 Å². The Balaban J connectivity index is 2.45. The molecule has 3 rings (SSSR count). The Kier molecular flexibility index (Phi) is 3.91. The molecule has 2 aromatic heterocycles. The number of aromatic nitrogens is 2. The number of phenolic OH excluding ortho intramolecular Hbond substituents is 1. The fraction of sp³-hybridized carbons (Fsp3) is 0.353. The van der Waals surface area contributed by atoms with Gasteiger partial charge in [-0.25, -0.2) is 4.98 Å². The maximum Gasteiger partial charge on any atom is 0.435 e. The number of rotatable bonds is 3. The molecule has 7 heteroatoms. The van der Waals surface area contributed by atoms with Gasteiger partial charge in [0.25, 0.3) is 0 Å². The summed E-state index contributed by atoms with van der Waals surface area (Å²) in [6.45, 7) is 2.41. The second-order valence-electron chi connectivity index (χ2n) is 6.24. The summed E-state index contributed by atoms with van der Waals surface area (Å²) in [5.41, 5.74) is -0.279. The Morgan fingerprint density at radius 3 is 2.54 bits per heavy atom. The third kappa shape index (κ3) is 2.69. The predicted octanol–water partition coefficient (Wildman–Crippen LogP) is 4.04. The van der Waals surface area contributed by atoms with Gasteiger partial charge in [0, 0.05) is 35.6 Å². The van der Waals surface area contributed by atoms with Gasteiger partial charge in [-0.05, 0) is 39.2 Å². The Hall–Kier alpha value is -2.28. The van der Waals surface area contributed by atoms with Crippen molar-refractivity contribution in [3.05, 3.63) is 36.2 Å². The van der Waals surface area contributed by atoms with Crippen LogP contribution in [0.4, 0.5) is 13.2 Å². The largest absolute Gasteiger partial charge is 0.508 e. The molecule has 1 aromatic carbocycles. The van der Waals surface area contributed by atoms with Gasteiger partial charge in [-0.15, -0.1) is 0 Å². The van der Waals surface area contributed by atoms with Crippen molar-refractivity contribution in [3.8, 4) is 5.75 Å². The normalized spacial score (nSPS) is 14.0. The highest BCUT2D eigenvalue weighted by molar-refractivity contribution is 6.09. The van der Waals surface area contributed by atoms with E-state index in [0.29, 0.717) is 22.8 Å². The summed E-state index contributed by atoms with van der Waals surface area (Å²) in [6.07, 6.45) is -3.37. The van der Waals surface area contributed by atoms with E-state index in [9.17, 15) is 18.3 Å². The first-order chi connectivity index (χ1) is 11.2. The van der Waals surface area contributed by atoms with Crippen LogP contribution < -0.4 is 0 Å². The summed E-state index contributed by atoms with van der Waals surface area (Å²) >= 11 is 0. The fourth-order valence-electron chi connectivity index (χ4n) is 3.26. The van der Waals surface area contributed by atoms with Crippen LogP contribution in [0.5, 0.6) is 5.75 Å². The highest BCUT2D eigenvalue weighted by Crippen LogP contribution is 2.40. The van der Waals surface area contributed by atoms with Gasteiger partial charge in [-0.3, -0.25) is 0 Å². The molecule has 0 aliphatic carbocycles. The second kappa shape index (κ2) is 5.66. The molecule has 0 spiro atoms. The lowest BCUT2D eigenvalue weighted by atomic mass is 10.1. The number of pyridine rings is 1. The van der Waals surface area contributed by atoms with Crippen LogP contribution in [0.1, 0.15) is 18.7 Å². The van der Waals surface area contributed by atoms with Crippen molar-refractivity contribution in [2.24, 2.45) is 0 Å². The Labute approximate surface area is 137 Å². The van der Waals surface area contributed by atoms with Gasteiger partial charge in [0.1, 0.15) is 5.75 Å². The van der Waals surface area contributed by atoms with E-state index < -0.39 is 11.9 Å². The molecular formula is C17H18F3N3O. The van der Waals surface area contributed by atoms with Gasteiger partial charge < -0.3 is 14.6 Å². The summed E-state index contributed by atoms with van der Waals surface area (Å²) in [5, 5.41) is 11.0. The Bertz CT molecular complexity index is 899. The number of halogens is 3. The van der Waals surface area contributed by atoms with E-state index in [2.05, 4.69) is 4.98 Å². The maximum atomic E-state index is 13.5. The molecule has 0 fully saturated rings. The van der Waals surface area contributed by atoms with E-state index in [1.54, 1.807) is 16.7 Å². The van der Waals surface area contributed by atoms with Crippen molar-refractivity contribution in [2.75, 3.05) is 20.6 Å². The van der Waals surface area contributed by atoms with Crippen LogP contribution in [-0.4, -0.2) is 40.2 Å². The molecular weight excluding hydrogens is 319 g/mol. The molecule has 0 aliphatic rings. The van der Waals surface area contributed by atoms with E-state index >= 15 is 0 Å². The van der Waals surface area contributed by atoms with E-state index in [1.807, 2.05) is 25.9 Å². The summed E-state index contributed by atoms with van der Waals surface area (Å²) in [4.78, 5) is 5.51. The van der Waals surface area contributed by atoms with Crippen LogP contribution in [0.2, 0.25) is 0 Å². The summed E-state index contributed by atoms with van der Waals surface area (Å²) in [7, 11) is 3.73. The van der Waals surface area contributed by atoms with Crippen molar-refractivity contribution in [3.63, 3.8) is 0 Å². The molecule has 0 saturated carbocycles. The average Bonchev–Trinajstić information content (AvgIpc) is 2.78. The van der Waals surface area contributed by atoms with Gasteiger partial charge in [0.15, 0.2) is 5.69 Å².